The second kappa shape index (κ2) is 4.61. The molecular formula is C13H13BrN2O. The summed E-state index contributed by atoms with van der Waals surface area (Å²) in [6.07, 6.45) is 4.91. The zero-order chi connectivity index (χ0) is 11.7. The molecule has 0 atom stereocenters. The maximum atomic E-state index is 5.78. The third-order valence-corrected chi connectivity index (χ3v) is 3.94. The van der Waals surface area contributed by atoms with Gasteiger partial charge in [0.05, 0.1) is 5.56 Å². The van der Waals surface area contributed by atoms with Crippen molar-refractivity contribution in [2.24, 2.45) is 0 Å². The first-order valence-corrected chi connectivity index (χ1v) is 6.72. The van der Waals surface area contributed by atoms with Gasteiger partial charge in [0, 0.05) is 10.4 Å². The Morgan fingerprint density at radius 3 is 2.65 bits per heavy atom. The van der Waals surface area contributed by atoms with Crippen molar-refractivity contribution in [1.82, 2.24) is 10.2 Å². The Hall–Kier alpha value is -1.16. The minimum absolute atomic E-state index is 0.471. The van der Waals surface area contributed by atoms with E-state index in [1.807, 2.05) is 24.3 Å². The summed E-state index contributed by atoms with van der Waals surface area (Å²) in [6.45, 7) is 0. The van der Waals surface area contributed by atoms with E-state index in [-0.39, 0.29) is 0 Å². The zero-order valence-electron chi connectivity index (χ0n) is 9.40. The highest BCUT2D eigenvalue weighted by atomic mass is 79.9. The van der Waals surface area contributed by atoms with Gasteiger partial charge in [-0.15, -0.1) is 10.2 Å². The molecule has 2 aromatic rings. The minimum atomic E-state index is 0.471. The van der Waals surface area contributed by atoms with E-state index in [0.717, 1.165) is 15.9 Å². The molecule has 0 bridgehead atoms. The maximum absolute atomic E-state index is 5.78. The summed E-state index contributed by atoms with van der Waals surface area (Å²) < 4.78 is 6.77. The summed E-state index contributed by atoms with van der Waals surface area (Å²) in [5.41, 5.74) is 0.962. The normalized spacial score (nSPS) is 16.5. The maximum Gasteiger partial charge on any atom is 0.248 e. The van der Waals surface area contributed by atoms with Crippen LogP contribution in [0.25, 0.3) is 11.5 Å². The predicted octanol–water partition coefficient (Wildman–Crippen LogP) is 4.16. The number of rotatable bonds is 2. The lowest BCUT2D eigenvalue weighted by Gasteiger charge is -2.01. The molecule has 0 amide bonds. The molecule has 1 fully saturated rings. The topological polar surface area (TPSA) is 38.9 Å². The van der Waals surface area contributed by atoms with Gasteiger partial charge in [0.25, 0.3) is 0 Å². The lowest BCUT2D eigenvalue weighted by atomic mass is 10.1. The van der Waals surface area contributed by atoms with E-state index in [4.69, 9.17) is 4.42 Å². The van der Waals surface area contributed by atoms with E-state index in [0.29, 0.717) is 11.8 Å². The fourth-order valence-electron chi connectivity index (χ4n) is 2.32. The van der Waals surface area contributed by atoms with E-state index < -0.39 is 0 Å². The molecule has 88 valence electrons. The molecule has 0 saturated heterocycles. The highest BCUT2D eigenvalue weighted by Gasteiger charge is 2.23. The first-order valence-electron chi connectivity index (χ1n) is 5.93. The molecule has 0 N–H and O–H groups in total. The first kappa shape index (κ1) is 11.0. The predicted molar refractivity (Wildman–Crippen MR) is 68.6 cm³/mol. The summed E-state index contributed by atoms with van der Waals surface area (Å²) in [7, 11) is 0. The SMILES string of the molecule is Brc1ccccc1-c1nnc(C2CCCC2)o1. The van der Waals surface area contributed by atoms with Crippen molar-refractivity contribution in [3.63, 3.8) is 0 Å². The molecular weight excluding hydrogens is 280 g/mol. The van der Waals surface area contributed by atoms with Crippen LogP contribution in [0.1, 0.15) is 37.5 Å². The van der Waals surface area contributed by atoms with Crippen LogP contribution in [0.15, 0.2) is 33.2 Å². The average Bonchev–Trinajstić information content (AvgIpc) is 3.00. The van der Waals surface area contributed by atoms with Crippen LogP contribution in [-0.4, -0.2) is 10.2 Å². The summed E-state index contributed by atoms with van der Waals surface area (Å²) >= 11 is 3.50. The number of hydrogen-bond acceptors (Lipinski definition) is 3. The van der Waals surface area contributed by atoms with E-state index >= 15 is 0 Å². The summed E-state index contributed by atoms with van der Waals surface area (Å²) in [6, 6.07) is 7.91. The highest BCUT2D eigenvalue weighted by Crippen LogP contribution is 2.35. The highest BCUT2D eigenvalue weighted by molar-refractivity contribution is 9.10. The fourth-order valence-corrected chi connectivity index (χ4v) is 2.77. The quantitative estimate of drug-likeness (QED) is 0.834. The van der Waals surface area contributed by atoms with Gasteiger partial charge in [0.1, 0.15) is 0 Å². The van der Waals surface area contributed by atoms with Crippen molar-refractivity contribution in [3.8, 4) is 11.5 Å². The fraction of sp³-hybridized carbons (Fsp3) is 0.385. The van der Waals surface area contributed by atoms with Crippen molar-refractivity contribution < 1.29 is 4.42 Å². The van der Waals surface area contributed by atoms with Crippen molar-refractivity contribution >= 4 is 15.9 Å². The lowest BCUT2D eigenvalue weighted by Crippen LogP contribution is -1.91. The summed E-state index contributed by atoms with van der Waals surface area (Å²) in [4.78, 5) is 0. The third-order valence-electron chi connectivity index (χ3n) is 3.25. The van der Waals surface area contributed by atoms with Gasteiger partial charge < -0.3 is 4.42 Å². The molecule has 1 saturated carbocycles. The Morgan fingerprint density at radius 1 is 1.12 bits per heavy atom. The van der Waals surface area contributed by atoms with Crippen LogP contribution in [0.3, 0.4) is 0 Å². The molecule has 17 heavy (non-hydrogen) atoms. The van der Waals surface area contributed by atoms with E-state index in [9.17, 15) is 0 Å². The van der Waals surface area contributed by atoms with Gasteiger partial charge in [-0.2, -0.15) is 0 Å². The number of benzene rings is 1. The van der Waals surface area contributed by atoms with Gasteiger partial charge in [-0.1, -0.05) is 25.0 Å². The first-order chi connectivity index (χ1) is 8.34. The Balaban J connectivity index is 1.92. The lowest BCUT2D eigenvalue weighted by molar-refractivity contribution is 0.457. The van der Waals surface area contributed by atoms with E-state index in [2.05, 4.69) is 26.1 Å². The van der Waals surface area contributed by atoms with Crippen LogP contribution in [0, 0.1) is 0 Å². The third kappa shape index (κ3) is 2.14. The largest absolute Gasteiger partial charge is 0.420 e. The van der Waals surface area contributed by atoms with Gasteiger partial charge in [-0.25, -0.2) is 0 Å². The molecule has 1 aliphatic rings. The van der Waals surface area contributed by atoms with Gasteiger partial charge in [-0.3, -0.25) is 0 Å². The monoisotopic (exact) mass is 292 g/mol. The molecule has 0 radical (unpaired) electrons. The van der Waals surface area contributed by atoms with Crippen LogP contribution in [0.4, 0.5) is 0 Å². The smallest absolute Gasteiger partial charge is 0.248 e. The van der Waals surface area contributed by atoms with Crippen molar-refractivity contribution in [2.75, 3.05) is 0 Å². The number of halogens is 1. The molecule has 1 aromatic heterocycles. The summed E-state index contributed by atoms with van der Waals surface area (Å²) in [5.74, 6) is 1.88. The van der Waals surface area contributed by atoms with Crippen LogP contribution in [0.2, 0.25) is 0 Å². The van der Waals surface area contributed by atoms with Crippen molar-refractivity contribution in [1.29, 1.82) is 0 Å². The molecule has 0 unspecified atom stereocenters. The van der Waals surface area contributed by atoms with Crippen molar-refractivity contribution in [3.05, 3.63) is 34.6 Å². The van der Waals surface area contributed by atoms with Crippen LogP contribution in [0.5, 0.6) is 0 Å². The van der Waals surface area contributed by atoms with Crippen LogP contribution < -0.4 is 0 Å². The van der Waals surface area contributed by atoms with Crippen LogP contribution in [-0.2, 0) is 0 Å². The van der Waals surface area contributed by atoms with E-state index in [1.54, 1.807) is 0 Å². The Bertz CT molecular complexity index is 518. The second-order valence-electron chi connectivity index (χ2n) is 4.41. The summed E-state index contributed by atoms with van der Waals surface area (Å²) in [5, 5.41) is 8.32. The molecule has 0 spiro atoms. The Kier molecular flexibility index (Phi) is 2.97. The van der Waals surface area contributed by atoms with Crippen LogP contribution >= 0.6 is 15.9 Å². The molecule has 0 aliphatic heterocycles. The standard InChI is InChI=1S/C13H13BrN2O/c14-11-8-4-3-7-10(11)13-16-15-12(17-13)9-5-1-2-6-9/h3-4,7-9H,1-2,5-6H2. The Morgan fingerprint density at radius 2 is 1.88 bits per heavy atom. The van der Waals surface area contributed by atoms with E-state index in [1.165, 1.54) is 25.7 Å². The number of nitrogens with zero attached hydrogens (tertiary/aromatic N) is 2. The van der Waals surface area contributed by atoms with Gasteiger partial charge >= 0.3 is 0 Å². The number of aromatic nitrogens is 2. The van der Waals surface area contributed by atoms with Gasteiger partial charge in [0.2, 0.25) is 11.8 Å². The Labute approximate surface area is 108 Å². The second-order valence-corrected chi connectivity index (χ2v) is 5.26. The molecule has 1 heterocycles. The average molecular weight is 293 g/mol. The van der Waals surface area contributed by atoms with Gasteiger partial charge in [-0.05, 0) is 40.9 Å². The molecule has 3 nitrogen and oxygen atoms in total. The molecule has 3 rings (SSSR count). The zero-order valence-corrected chi connectivity index (χ0v) is 11.0. The minimum Gasteiger partial charge on any atom is -0.420 e. The van der Waals surface area contributed by atoms with Gasteiger partial charge in [0.15, 0.2) is 0 Å². The molecule has 1 aliphatic carbocycles. The molecule has 1 aromatic carbocycles. The molecule has 4 heteroatoms. The van der Waals surface area contributed by atoms with Crippen molar-refractivity contribution in [2.45, 2.75) is 31.6 Å². The number of hydrogen-bond donors (Lipinski definition) is 0.